The van der Waals surface area contributed by atoms with Crippen molar-refractivity contribution in [3.8, 4) is 0 Å². The lowest BCUT2D eigenvalue weighted by Crippen LogP contribution is -2.42. The molecule has 0 aliphatic carbocycles. The van der Waals surface area contributed by atoms with Gasteiger partial charge in [-0.05, 0) is 24.3 Å². The molecule has 0 unspecified atom stereocenters. The van der Waals surface area contributed by atoms with Crippen LogP contribution in [-0.2, 0) is 14.6 Å². The van der Waals surface area contributed by atoms with E-state index in [1.807, 2.05) is 0 Å². The molecule has 1 heterocycles. The van der Waals surface area contributed by atoms with Crippen LogP contribution in [0.3, 0.4) is 0 Å². The number of nitrogens with one attached hydrogen (secondary N) is 2. The molecule has 0 fully saturated rings. The van der Waals surface area contributed by atoms with Crippen molar-refractivity contribution < 1.29 is 18.0 Å². The monoisotopic (exact) mass is 333 g/mol. The number of carbonyl (C=O) groups is 2. The lowest BCUT2D eigenvalue weighted by Gasteiger charge is -2.07. The average Bonchev–Trinajstić information content (AvgIpc) is 2.59. The third-order valence-electron chi connectivity index (χ3n) is 2.94. The summed E-state index contributed by atoms with van der Waals surface area (Å²) in [6, 6.07) is 11.0. The summed E-state index contributed by atoms with van der Waals surface area (Å²) in [5.74, 6) is -1.47. The molecule has 8 heteroatoms. The number of carbonyl (C=O) groups excluding carboxylic acids is 2. The summed E-state index contributed by atoms with van der Waals surface area (Å²) < 4.78 is 24.0. The van der Waals surface area contributed by atoms with E-state index < -0.39 is 21.7 Å². The highest BCUT2D eigenvalue weighted by molar-refractivity contribution is 7.91. The van der Waals surface area contributed by atoms with Gasteiger partial charge in [0.1, 0.15) is 0 Å². The number of rotatable bonds is 5. The van der Waals surface area contributed by atoms with Gasteiger partial charge in [0.05, 0.1) is 16.2 Å². The van der Waals surface area contributed by atoms with E-state index in [9.17, 15) is 18.0 Å². The van der Waals surface area contributed by atoms with Crippen molar-refractivity contribution in [1.82, 2.24) is 15.8 Å². The maximum Gasteiger partial charge on any atom is 0.271 e. The van der Waals surface area contributed by atoms with Gasteiger partial charge in [-0.3, -0.25) is 25.4 Å². The lowest BCUT2D eigenvalue weighted by molar-refractivity contribution is -0.121. The first-order valence-corrected chi connectivity index (χ1v) is 8.41. The minimum atomic E-state index is -3.53. The molecule has 2 N–H and O–H groups in total. The maximum absolute atomic E-state index is 12.0. The number of nitrogens with zero attached hydrogens (tertiary/aromatic N) is 1. The van der Waals surface area contributed by atoms with Crippen LogP contribution in [0.5, 0.6) is 0 Å². The number of hydrogen-bond acceptors (Lipinski definition) is 5. The fourth-order valence-electron chi connectivity index (χ4n) is 1.73. The van der Waals surface area contributed by atoms with E-state index in [1.165, 1.54) is 30.6 Å². The molecule has 0 radical (unpaired) electrons. The van der Waals surface area contributed by atoms with Crippen LogP contribution < -0.4 is 10.9 Å². The molecule has 23 heavy (non-hydrogen) atoms. The van der Waals surface area contributed by atoms with Gasteiger partial charge < -0.3 is 0 Å². The third-order valence-corrected chi connectivity index (χ3v) is 4.67. The van der Waals surface area contributed by atoms with Crippen molar-refractivity contribution >= 4 is 21.7 Å². The highest BCUT2D eigenvalue weighted by Crippen LogP contribution is 2.10. The molecular weight excluding hydrogens is 318 g/mol. The predicted octanol–water partition coefficient (Wildman–Crippen LogP) is 0.707. The standard InChI is InChI=1S/C15H15N3O4S/c19-14(17-18-15(20)12-5-4-9-16-11-12)8-10-23(21,22)13-6-2-1-3-7-13/h1-7,9,11H,8,10H2,(H,17,19)(H,18,20). The molecule has 0 saturated heterocycles. The summed E-state index contributed by atoms with van der Waals surface area (Å²) in [5, 5.41) is 0. The molecule has 0 bridgehead atoms. The summed E-state index contributed by atoms with van der Waals surface area (Å²) in [6.45, 7) is 0. The number of hydrogen-bond donors (Lipinski definition) is 2. The summed E-state index contributed by atoms with van der Waals surface area (Å²) in [5.41, 5.74) is 4.66. The maximum atomic E-state index is 12.0. The van der Waals surface area contributed by atoms with Gasteiger partial charge in [-0.25, -0.2) is 8.42 Å². The number of sulfone groups is 1. The molecule has 2 amide bonds. The Morgan fingerprint density at radius 1 is 1.00 bits per heavy atom. The second kappa shape index (κ2) is 7.50. The van der Waals surface area contributed by atoms with E-state index in [0.29, 0.717) is 0 Å². The Hall–Kier alpha value is -2.74. The van der Waals surface area contributed by atoms with Crippen molar-refractivity contribution in [1.29, 1.82) is 0 Å². The first kappa shape index (κ1) is 16.6. The lowest BCUT2D eigenvalue weighted by atomic mass is 10.3. The number of aromatic nitrogens is 1. The average molecular weight is 333 g/mol. The molecule has 0 spiro atoms. The van der Waals surface area contributed by atoms with Crippen molar-refractivity contribution in [3.63, 3.8) is 0 Å². The van der Waals surface area contributed by atoms with Gasteiger partial charge in [0.2, 0.25) is 5.91 Å². The molecule has 0 atom stereocenters. The quantitative estimate of drug-likeness (QED) is 0.784. The van der Waals surface area contributed by atoms with Crippen LogP contribution in [0.1, 0.15) is 16.8 Å². The molecular formula is C15H15N3O4S. The van der Waals surface area contributed by atoms with Crippen molar-refractivity contribution in [2.75, 3.05) is 5.75 Å². The van der Waals surface area contributed by atoms with Crippen LogP contribution >= 0.6 is 0 Å². The van der Waals surface area contributed by atoms with Crippen molar-refractivity contribution in [2.45, 2.75) is 11.3 Å². The number of hydrazine groups is 1. The largest absolute Gasteiger partial charge is 0.273 e. The van der Waals surface area contributed by atoms with Gasteiger partial charge in [0, 0.05) is 18.8 Å². The molecule has 2 aromatic rings. The van der Waals surface area contributed by atoms with Gasteiger partial charge in [0.15, 0.2) is 9.84 Å². The Kier molecular flexibility index (Phi) is 5.42. The van der Waals surface area contributed by atoms with E-state index in [0.717, 1.165) is 0 Å². The zero-order valence-corrected chi connectivity index (χ0v) is 12.9. The zero-order valence-electron chi connectivity index (χ0n) is 12.1. The second-order valence-electron chi connectivity index (χ2n) is 4.63. The Labute approximate surface area is 133 Å². The topological polar surface area (TPSA) is 105 Å². The Morgan fingerprint density at radius 2 is 1.74 bits per heavy atom. The highest BCUT2D eigenvalue weighted by atomic mass is 32.2. The summed E-state index contributed by atoms with van der Waals surface area (Å²) >= 11 is 0. The molecule has 0 aliphatic heterocycles. The van der Waals surface area contributed by atoms with E-state index in [-0.39, 0.29) is 22.6 Å². The smallest absolute Gasteiger partial charge is 0.271 e. The third kappa shape index (κ3) is 4.89. The number of benzene rings is 1. The molecule has 1 aromatic heterocycles. The van der Waals surface area contributed by atoms with Gasteiger partial charge in [-0.1, -0.05) is 18.2 Å². The van der Waals surface area contributed by atoms with Crippen LogP contribution in [0.4, 0.5) is 0 Å². The fourth-order valence-corrected chi connectivity index (χ4v) is 2.99. The summed E-state index contributed by atoms with van der Waals surface area (Å²) in [4.78, 5) is 27.3. The molecule has 7 nitrogen and oxygen atoms in total. The van der Waals surface area contributed by atoms with E-state index in [2.05, 4.69) is 15.8 Å². The Bertz CT molecular complexity index is 777. The molecule has 0 saturated carbocycles. The van der Waals surface area contributed by atoms with Crippen LogP contribution in [0.25, 0.3) is 0 Å². The summed E-state index contributed by atoms with van der Waals surface area (Å²) in [6.07, 6.45) is 2.61. The second-order valence-corrected chi connectivity index (χ2v) is 6.74. The van der Waals surface area contributed by atoms with E-state index >= 15 is 0 Å². The van der Waals surface area contributed by atoms with E-state index in [1.54, 1.807) is 24.3 Å². The van der Waals surface area contributed by atoms with Crippen molar-refractivity contribution in [2.24, 2.45) is 0 Å². The minimum Gasteiger partial charge on any atom is -0.273 e. The van der Waals surface area contributed by atoms with Crippen LogP contribution in [0.2, 0.25) is 0 Å². The summed E-state index contributed by atoms with van der Waals surface area (Å²) in [7, 11) is -3.53. The fraction of sp³-hybridized carbons (Fsp3) is 0.133. The van der Waals surface area contributed by atoms with Crippen molar-refractivity contribution in [3.05, 3.63) is 60.4 Å². The molecule has 1 aromatic carbocycles. The normalized spacial score (nSPS) is 10.8. The zero-order chi connectivity index (χ0) is 16.7. The SMILES string of the molecule is O=C(CCS(=O)(=O)c1ccccc1)NNC(=O)c1cccnc1. The molecule has 120 valence electrons. The molecule has 2 rings (SSSR count). The van der Waals surface area contributed by atoms with Crippen LogP contribution in [0, 0.1) is 0 Å². The molecule has 0 aliphatic rings. The predicted molar refractivity (Wildman–Crippen MR) is 83.0 cm³/mol. The highest BCUT2D eigenvalue weighted by Gasteiger charge is 2.16. The Morgan fingerprint density at radius 3 is 2.39 bits per heavy atom. The van der Waals surface area contributed by atoms with Gasteiger partial charge in [-0.15, -0.1) is 0 Å². The van der Waals surface area contributed by atoms with Gasteiger partial charge in [0.25, 0.3) is 5.91 Å². The van der Waals surface area contributed by atoms with Crippen LogP contribution in [0.15, 0.2) is 59.8 Å². The van der Waals surface area contributed by atoms with Gasteiger partial charge >= 0.3 is 0 Å². The first-order valence-electron chi connectivity index (χ1n) is 6.76. The number of amides is 2. The van der Waals surface area contributed by atoms with E-state index in [4.69, 9.17) is 0 Å². The van der Waals surface area contributed by atoms with Crippen LogP contribution in [-0.4, -0.2) is 31.0 Å². The number of pyridine rings is 1. The Balaban J connectivity index is 1.83. The first-order chi connectivity index (χ1) is 11.0. The minimum absolute atomic E-state index is 0.159. The van der Waals surface area contributed by atoms with Gasteiger partial charge in [-0.2, -0.15) is 0 Å².